The van der Waals surface area contributed by atoms with Crippen LogP contribution in [0.3, 0.4) is 0 Å². The van der Waals surface area contributed by atoms with Gasteiger partial charge < -0.3 is 19.2 Å². The topological polar surface area (TPSA) is 122 Å². The fourth-order valence-electron chi connectivity index (χ4n) is 2.39. The van der Waals surface area contributed by atoms with Crippen molar-refractivity contribution in [3.05, 3.63) is 69.4 Å². The fraction of sp³-hybridized carbons (Fsp3) is 0.167. The van der Waals surface area contributed by atoms with E-state index in [1.807, 2.05) is 18.2 Å². The number of nitrogens with zero attached hydrogens (tertiary/aromatic N) is 3. The van der Waals surface area contributed by atoms with E-state index in [0.717, 1.165) is 0 Å². The molecule has 0 aliphatic carbocycles. The molecule has 150 valence electrons. The van der Waals surface area contributed by atoms with Gasteiger partial charge in [-0.3, -0.25) is 14.9 Å². The summed E-state index contributed by atoms with van der Waals surface area (Å²) in [7, 11) is 1.39. The van der Waals surface area contributed by atoms with Crippen LogP contribution in [0.5, 0.6) is 11.5 Å². The highest BCUT2D eigenvalue weighted by atomic mass is 32.1. The molecule has 10 nitrogen and oxygen atoms in total. The van der Waals surface area contributed by atoms with Gasteiger partial charge in [0.2, 0.25) is 5.91 Å². The number of ether oxygens (including phenoxy) is 2. The van der Waals surface area contributed by atoms with Crippen molar-refractivity contribution in [3.8, 4) is 11.5 Å². The van der Waals surface area contributed by atoms with Crippen LogP contribution in [0.4, 0.5) is 11.4 Å². The summed E-state index contributed by atoms with van der Waals surface area (Å²) in [6, 6.07) is 13.2. The lowest BCUT2D eigenvalue weighted by Crippen LogP contribution is -2.20. The predicted octanol–water partition coefficient (Wildman–Crippen LogP) is 3.34. The second-order valence-electron chi connectivity index (χ2n) is 5.71. The number of rotatable bonds is 8. The minimum absolute atomic E-state index is 0.0176. The zero-order valence-corrected chi connectivity index (χ0v) is 16.0. The summed E-state index contributed by atoms with van der Waals surface area (Å²) >= 11 is 5.06. The SMILES string of the molecule is COc1ccc(NC(=O)Cn2nc(COc3ccccc3)oc2=S)c([N+](=O)[O-])c1. The van der Waals surface area contributed by atoms with Gasteiger partial charge in [-0.1, -0.05) is 18.2 Å². The van der Waals surface area contributed by atoms with Crippen molar-refractivity contribution in [3.63, 3.8) is 0 Å². The third kappa shape index (κ3) is 5.17. The van der Waals surface area contributed by atoms with Crippen molar-refractivity contribution in [1.29, 1.82) is 0 Å². The molecule has 0 radical (unpaired) electrons. The molecular formula is C18H16N4O6S. The maximum absolute atomic E-state index is 12.3. The smallest absolute Gasteiger partial charge is 0.296 e. The molecule has 0 unspecified atom stereocenters. The Morgan fingerprint density at radius 3 is 2.72 bits per heavy atom. The van der Waals surface area contributed by atoms with Gasteiger partial charge in [-0.05, 0) is 36.5 Å². The van der Waals surface area contributed by atoms with Crippen LogP contribution in [0.15, 0.2) is 52.9 Å². The minimum atomic E-state index is -0.612. The van der Waals surface area contributed by atoms with Gasteiger partial charge in [-0.2, -0.15) is 0 Å². The lowest BCUT2D eigenvalue weighted by Gasteiger charge is -2.07. The molecule has 0 aliphatic heterocycles. The molecule has 0 bridgehead atoms. The minimum Gasteiger partial charge on any atom is -0.496 e. The Labute approximate surface area is 169 Å². The molecular weight excluding hydrogens is 400 g/mol. The molecule has 0 saturated carbocycles. The van der Waals surface area contributed by atoms with E-state index in [4.69, 9.17) is 26.1 Å². The average molecular weight is 416 g/mol. The van der Waals surface area contributed by atoms with Gasteiger partial charge in [0, 0.05) is 0 Å². The van der Waals surface area contributed by atoms with Crippen LogP contribution in [0.2, 0.25) is 0 Å². The van der Waals surface area contributed by atoms with Crippen LogP contribution in [0.25, 0.3) is 0 Å². The normalized spacial score (nSPS) is 10.4. The monoisotopic (exact) mass is 416 g/mol. The molecule has 3 aromatic rings. The maximum Gasteiger partial charge on any atom is 0.296 e. The predicted molar refractivity (Wildman–Crippen MR) is 104 cm³/mol. The number of hydrogen-bond acceptors (Lipinski definition) is 8. The third-order valence-corrected chi connectivity index (χ3v) is 4.02. The molecule has 1 aromatic heterocycles. The van der Waals surface area contributed by atoms with Crippen molar-refractivity contribution < 1.29 is 23.6 Å². The van der Waals surface area contributed by atoms with Gasteiger partial charge >= 0.3 is 0 Å². The van der Waals surface area contributed by atoms with E-state index >= 15 is 0 Å². The summed E-state index contributed by atoms with van der Waals surface area (Å²) in [5.74, 6) is 0.574. The van der Waals surface area contributed by atoms with E-state index < -0.39 is 10.8 Å². The van der Waals surface area contributed by atoms with Gasteiger partial charge in [-0.25, -0.2) is 4.68 Å². The number of anilines is 1. The lowest BCUT2D eigenvalue weighted by atomic mass is 10.2. The number of benzene rings is 2. The number of nitro groups is 1. The quantitative estimate of drug-likeness (QED) is 0.337. The number of methoxy groups -OCH3 is 1. The lowest BCUT2D eigenvalue weighted by molar-refractivity contribution is -0.384. The van der Waals surface area contributed by atoms with Crippen molar-refractivity contribution in [2.24, 2.45) is 0 Å². The van der Waals surface area contributed by atoms with Crippen LogP contribution >= 0.6 is 12.2 Å². The van der Waals surface area contributed by atoms with Gasteiger partial charge in [0.1, 0.15) is 23.7 Å². The Morgan fingerprint density at radius 1 is 1.28 bits per heavy atom. The van der Waals surface area contributed by atoms with Crippen LogP contribution in [0, 0.1) is 15.0 Å². The van der Waals surface area contributed by atoms with Crippen molar-refractivity contribution in [1.82, 2.24) is 9.78 Å². The van der Waals surface area contributed by atoms with E-state index in [1.54, 1.807) is 12.1 Å². The first kappa shape index (κ1) is 20.0. The largest absolute Gasteiger partial charge is 0.496 e. The van der Waals surface area contributed by atoms with E-state index in [1.165, 1.54) is 30.0 Å². The number of hydrogen-bond donors (Lipinski definition) is 1. The Bertz CT molecular complexity index is 1080. The first-order valence-corrected chi connectivity index (χ1v) is 8.74. The van der Waals surface area contributed by atoms with Crippen molar-refractivity contribution in [2.45, 2.75) is 13.2 Å². The van der Waals surface area contributed by atoms with Gasteiger partial charge in [0.25, 0.3) is 16.4 Å². The van der Waals surface area contributed by atoms with E-state index in [-0.39, 0.29) is 35.3 Å². The van der Waals surface area contributed by atoms with Gasteiger partial charge in [0.15, 0.2) is 6.61 Å². The Hall–Kier alpha value is -3.73. The number of carbonyl (C=O) groups is 1. The highest BCUT2D eigenvalue weighted by Crippen LogP contribution is 2.28. The molecule has 0 fully saturated rings. The fourth-order valence-corrected chi connectivity index (χ4v) is 2.59. The molecule has 3 rings (SSSR count). The summed E-state index contributed by atoms with van der Waals surface area (Å²) in [4.78, 5) is 22.9. The third-order valence-electron chi connectivity index (χ3n) is 3.72. The second kappa shape index (κ2) is 8.97. The van der Waals surface area contributed by atoms with Crippen molar-refractivity contribution >= 4 is 29.5 Å². The molecule has 2 aromatic carbocycles. The summed E-state index contributed by atoms with van der Waals surface area (Å²) < 4.78 is 17.0. The van der Waals surface area contributed by atoms with Gasteiger partial charge in [-0.15, -0.1) is 5.10 Å². The standard InChI is InChI=1S/C18H16N4O6S/c1-26-13-7-8-14(15(9-13)22(24)25)19-16(23)10-21-18(29)28-17(20-21)11-27-12-5-3-2-4-6-12/h2-9H,10-11H2,1H3,(H,19,23). The highest BCUT2D eigenvalue weighted by Gasteiger charge is 2.18. The highest BCUT2D eigenvalue weighted by molar-refractivity contribution is 7.71. The van der Waals surface area contributed by atoms with Crippen LogP contribution in [-0.4, -0.2) is 27.7 Å². The molecule has 1 amide bonds. The molecule has 29 heavy (non-hydrogen) atoms. The molecule has 0 spiro atoms. The first-order valence-electron chi connectivity index (χ1n) is 8.33. The zero-order valence-electron chi connectivity index (χ0n) is 15.2. The first-order chi connectivity index (χ1) is 14.0. The second-order valence-corrected chi connectivity index (χ2v) is 6.06. The molecule has 0 aliphatic rings. The van der Waals surface area contributed by atoms with Crippen LogP contribution in [-0.2, 0) is 17.9 Å². The molecule has 1 N–H and O–H groups in total. The Kier molecular flexibility index (Phi) is 6.19. The van der Waals surface area contributed by atoms with Crippen LogP contribution < -0.4 is 14.8 Å². The number of carbonyl (C=O) groups excluding carboxylic acids is 1. The number of nitro benzene ring substituents is 1. The van der Waals surface area contributed by atoms with Crippen LogP contribution in [0.1, 0.15) is 5.89 Å². The van der Waals surface area contributed by atoms with E-state index in [9.17, 15) is 14.9 Å². The Balaban J connectivity index is 1.66. The van der Waals surface area contributed by atoms with Crippen molar-refractivity contribution in [2.75, 3.05) is 12.4 Å². The van der Waals surface area contributed by atoms with E-state index in [2.05, 4.69) is 10.4 Å². The van der Waals surface area contributed by atoms with E-state index in [0.29, 0.717) is 11.5 Å². The maximum atomic E-state index is 12.3. The number of para-hydroxylation sites is 1. The number of nitrogens with one attached hydrogen (secondary N) is 1. The molecule has 11 heteroatoms. The molecule has 0 atom stereocenters. The summed E-state index contributed by atoms with van der Waals surface area (Å²) in [5.41, 5.74) is -0.262. The van der Waals surface area contributed by atoms with Gasteiger partial charge in [0.05, 0.1) is 18.1 Å². The summed E-state index contributed by atoms with van der Waals surface area (Å²) in [6.07, 6.45) is 0. The summed E-state index contributed by atoms with van der Waals surface area (Å²) in [6.45, 7) is -0.247. The number of amides is 1. The molecule has 0 saturated heterocycles. The average Bonchev–Trinajstić information content (AvgIpc) is 3.06. The molecule has 1 heterocycles. The Morgan fingerprint density at radius 2 is 2.03 bits per heavy atom. The zero-order chi connectivity index (χ0) is 20.8. The number of aromatic nitrogens is 2. The summed E-state index contributed by atoms with van der Waals surface area (Å²) in [5, 5.41) is 17.8.